The van der Waals surface area contributed by atoms with E-state index in [2.05, 4.69) is 6.58 Å². The number of ether oxygens (including phenoxy) is 1. The number of unbranched alkanes of at least 4 members (excludes halogenated alkanes) is 3. The third-order valence-electron chi connectivity index (χ3n) is 6.91. The van der Waals surface area contributed by atoms with E-state index in [9.17, 15) is 24.1 Å². The van der Waals surface area contributed by atoms with E-state index in [1.165, 1.54) is 24.3 Å². The Morgan fingerprint density at radius 2 is 1.59 bits per heavy atom. The van der Waals surface area contributed by atoms with Crippen LogP contribution in [0.4, 0.5) is 8.78 Å². The second-order valence-corrected chi connectivity index (χ2v) is 9.41. The van der Waals surface area contributed by atoms with Crippen LogP contribution in [0.15, 0.2) is 55.1 Å². The summed E-state index contributed by atoms with van der Waals surface area (Å²) >= 11 is 0. The van der Waals surface area contributed by atoms with Crippen molar-refractivity contribution in [3.8, 4) is 0 Å². The number of halogens is 2. The fraction of sp³-hybridized carbons (Fsp3) is 0.500. The normalized spacial score (nSPS) is 24.2. The molecule has 34 heavy (non-hydrogen) atoms. The number of hydrogen-bond acceptors (Lipinski definition) is 4. The predicted octanol–water partition coefficient (Wildman–Crippen LogP) is 5.22. The average Bonchev–Trinajstić information content (AvgIpc) is 3.11. The molecule has 0 saturated carbocycles. The minimum atomic E-state index is -1.05. The molecular weight excluding hydrogens is 438 g/mol. The highest BCUT2D eigenvalue weighted by atomic mass is 19.1. The largest absolute Gasteiger partial charge is 0.394 e. The lowest BCUT2D eigenvalue weighted by Crippen LogP contribution is -2.35. The van der Waals surface area contributed by atoms with Gasteiger partial charge in [0.2, 0.25) is 0 Å². The quantitative estimate of drug-likeness (QED) is 0.369. The second-order valence-electron chi connectivity index (χ2n) is 9.41. The van der Waals surface area contributed by atoms with E-state index < -0.39 is 24.4 Å². The Labute approximate surface area is 200 Å². The molecule has 2 aromatic carbocycles. The van der Waals surface area contributed by atoms with E-state index in [1.807, 2.05) is 19.1 Å². The van der Waals surface area contributed by atoms with Crippen molar-refractivity contribution in [1.29, 1.82) is 0 Å². The van der Waals surface area contributed by atoms with Crippen LogP contribution in [0.5, 0.6) is 0 Å². The fourth-order valence-electron chi connectivity index (χ4n) is 4.89. The molecule has 1 fully saturated rings. The van der Waals surface area contributed by atoms with Crippen molar-refractivity contribution in [1.82, 2.24) is 0 Å². The van der Waals surface area contributed by atoms with E-state index in [0.717, 1.165) is 55.2 Å². The van der Waals surface area contributed by atoms with Gasteiger partial charge in [-0.2, -0.15) is 0 Å². The third kappa shape index (κ3) is 6.72. The summed E-state index contributed by atoms with van der Waals surface area (Å²) in [6, 6.07) is 12.9. The number of allylic oxidation sites excluding steroid dienone is 1. The first-order valence-corrected chi connectivity index (χ1v) is 12.1. The topological polar surface area (TPSA) is 69.9 Å². The Balaban J connectivity index is 1.50. The molecule has 3 rings (SSSR count). The minimum Gasteiger partial charge on any atom is -0.394 e. The standard InChI is InChI=1S/C28H36F2O4/c1-18(28-27(33)26(32)25(17-31)34-28)9-5-3-4-6-14-24(21-11-8-13-23(30)16-21)19(2)20-10-7-12-22(29)15-20/h7-8,10-13,15-16,18,24-28,31-33H,2-6,9,14,17H2,1H3/t18?,24?,25-,26-,27+,28+/m1/s1. The van der Waals surface area contributed by atoms with E-state index in [0.29, 0.717) is 0 Å². The molecule has 0 aromatic heterocycles. The molecule has 6 atom stereocenters. The molecule has 6 heteroatoms. The third-order valence-corrected chi connectivity index (χ3v) is 6.91. The molecule has 0 aliphatic carbocycles. The molecule has 3 N–H and O–H groups in total. The van der Waals surface area contributed by atoms with Crippen LogP contribution in [0.3, 0.4) is 0 Å². The van der Waals surface area contributed by atoms with Crippen LogP contribution in [-0.4, -0.2) is 46.3 Å². The molecule has 2 aromatic rings. The van der Waals surface area contributed by atoms with Crippen LogP contribution in [0.1, 0.15) is 62.5 Å². The van der Waals surface area contributed by atoms with Gasteiger partial charge in [-0.05, 0) is 59.7 Å². The van der Waals surface area contributed by atoms with E-state index in [-0.39, 0.29) is 30.1 Å². The van der Waals surface area contributed by atoms with Crippen LogP contribution in [-0.2, 0) is 4.74 Å². The maximum Gasteiger partial charge on any atom is 0.123 e. The number of aliphatic hydroxyl groups excluding tert-OH is 3. The summed E-state index contributed by atoms with van der Waals surface area (Å²) < 4.78 is 33.3. The van der Waals surface area contributed by atoms with Crippen LogP contribution < -0.4 is 0 Å². The lowest BCUT2D eigenvalue weighted by Gasteiger charge is -2.22. The summed E-state index contributed by atoms with van der Waals surface area (Å²) in [5, 5.41) is 29.4. The van der Waals surface area contributed by atoms with Gasteiger partial charge in [-0.15, -0.1) is 0 Å². The Morgan fingerprint density at radius 3 is 2.21 bits per heavy atom. The molecule has 0 spiro atoms. The zero-order chi connectivity index (χ0) is 24.7. The molecule has 1 aliphatic heterocycles. The Bertz CT molecular complexity index is 934. The van der Waals surface area contributed by atoms with Crippen LogP contribution >= 0.6 is 0 Å². The van der Waals surface area contributed by atoms with Crippen LogP contribution in [0.2, 0.25) is 0 Å². The van der Waals surface area contributed by atoms with Gasteiger partial charge in [0.05, 0.1) is 12.7 Å². The molecule has 1 aliphatic rings. The lowest BCUT2D eigenvalue weighted by atomic mass is 9.83. The van der Waals surface area contributed by atoms with Gasteiger partial charge in [0.25, 0.3) is 0 Å². The van der Waals surface area contributed by atoms with Crippen molar-refractivity contribution in [2.45, 2.75) is 75.8 Å². The number of rotatable bonds is 12. The van der Waals surface area contributed by atoms with Crippen molar-refractivity contribution in [2.24, 2.45) is 5.92 Å². The molecule has 4 nitrogen and oxygen atoms in total. The second kappa shape index (κ2) is 12.5. The van der Waals surface area contributed by atoms with Crippen molar-refractivity contribution in [3.05, 3.63) is 77.9 Å². The molecule has 2 unspecified atom stereocenters. The Morgan fingerprint density at radius 1 is 0.941 bits per heavy atom. The maximum absolute atomic E-state index is 13.9. The predicted molar refractivity (Wildman–Crippen MR) is 129 cm³/mol. The van der Waals surface area contributed by atoms with E-state index in [4.69, 9.17) is 4.74 Å². The van der Waals surface area contributed by atoms with Crippen LogP contribution in [0.25, 0.3) is 5.57 Å². The highest BCUT2D eigenvalue weighted by molar-refractivity contribution is 5.69. The van der Waals surface area contributed by atoms with Gasteiger partial charge in [-0.3, -0.25) is 0 Å². The monoisotopic (exact) mass is 474 g/mol. The average molecular weight is 475 g/mol. The Kier molecular flexibility index (Phi) is 9.77. The summed E-state index contributed by atoms with van der Waals surface area (Å²) in [6.45, 7) is 5.89. The van der Waals surface area contributed by atoms with Gasteiger partial charge in [0.1, 0.15) is 29.9 Å². The van der Waals surface area contributed by atoms with Gasteiger partial charge < -0.3 is 20.1 Å². The Hall–Kier alpha value is -2.12. The molecule has 186 valence electrons. The molecule has 0 amide bonds. The summed E-state index contributed by atoms with van der Waals surface area (Å²) in [7, 11) is 0. The number of hydrogen-bond donors (Lipinski definition) is 3. The first-order valence-electron chi connectivity index (χ1n) is 12.1. The fourth-order valence-corrected chi connectivity index (χ4v) is 4.89. The van der Waals surface area contributed by atoms with Crippen molar-refractivity contribution in [3.63, 3.8) is 0 Å². The minimum absolute atomic E-state index is 0.0639. The van der Waals surface area contributed by atoms with Crippen molar-refractivity contribution in [2.75, 3.05) is 6.61 Å². The summed E-state index contributed by atoms with van der Waals surface area (Å²) in [6.07, 6.45) is 2.22. The van der Waals surface area contributed by atoms with Gasteiger partial charge in [-0.25, -0.2) is 8.78 Å². The zero-order valence-corrected chi connectivity index (χ0v) is 19.7. The number of aliphatic hydroxyl groups is 3. The van der Waals surface area contributed by atoms with E-state index in [1.54, 1.807) is 12.1 Å². The van der Waals surface area contributed by atoms with Gasteiger partial charge >= 0.3 is 0 Å². The molecule has 1 heterocycles. The van der Waals surface area contributed by atoms with E-state index >= 15 is 0 Å². The highest BCUT2D eigenvalue weighted by Crippen LogP contribution is 2.36. The SMILES string of the molecule is C=C(c1cccc(F)c1)C(CCCCCCC(C)[C@@H]1O[C@H](CO)[C@@H](O)[C@@H]1O)c1cccc(F)c1. The first kappa shape index (κ1) is 26.5. The molecule has 0 radical (unpaired) electrons. The van der Waals surface area contributed by atoms with Crippen molar-refractivity contribution >= 4 is 5.57 Å². The highest BCUT2D eigenvalue weighted by Gasteiger charge is 2.44. The zero-order valence-electron chi connectivity index (χ0n) is 19.7. The summed E-state index contributed by atoms with van der Waals surface area (Å²) in [5.74, 6) is -0.655. The van der Waals surface area contributed by atoms with Crippen molar-refractivity contribution < 1.29 is 28.8 Å². The van der Waals surface area contributed by atoms with Gasteiger partial charge in [0, 0.05) is 5.92 Å². The van der Waals surface area contributed by atoms with Gasteiger partial charge in [0.15, 0.2) is 0 Å². The maximum atomic E-state index is 13.9. The summed E-state index contributed by atoms with van der Waals surface area (Å²) in [4.78, 5) is 0. The molecule has 1 saturated heterocycles. The van der Waals surface area contributed by atoms with Gasteiger partial charge in [-0.1, -0.05) is 63.5 Å². The first-order chi connectivity index (χ1) is 16.3. The van der Waals surface area contributed by atoms with Crippen LogP contribution in [0, 0.1) is 17.6 Å². The lowest BCUT2D eigenvalue weighted by molar-refractivity contribution is -0.0417. The summed E-state index contributed by atoms with van der Waals surface area (Å²) in [5.41, 5.74) is 2.34. The number of benzene rings is 2. The smallest absolute Gasteiger partial charge is 0.123 e. The molecule has 0 bridgehead atoms. The molecular formula is C28H36F2O4.